The van der Waals surface area contributed by atoms with Crippen LogP contribution in [0.3, 0.4) is 0 Å². The first-order chi connectivity index (χ1) is 13.5. The molecule has 2 aliphatic heterocycles. The quantitative estimate of drug-likeness (QED) is 0.640. The van der Waals surface area contributed by atoms with Crippen LogP contribution in [-0.4, -0.2) is 25.4 Å². The summed E-state index contributed by atoms with van der Waals surface area (Å²) in [7, 11) is 0. The molecule has 2 aliphatic carbocycles. The second kappa shape index (κ2) is 6.80. The molecule has 5 nitrogen and oxygen atoms in total. The highest BCUT2D eigenvalue weighted by Gasteiger charge is 2.53. The molecule has 0 amide bonds. The highest BCUT2D eigenvalue weighted by atomic mass is 16.7. The van der Waals surface area contributed by atoms with Gasteiger partial charge in [-0.25, -0.2) is 0 Å². The molecule has 2 heterocycles. The van der Waals surface area contributed by atoms with Crippen LogP contribution >= 0.6 is 0 Å². The third-order valence-electron chi connectivity index (χ3n) is 7.42. The van der Waals surface area contributed by atoms with Crippen LogP contribution in [-0.2, 0) is 16.1 Å². The maximum atomic E-state index is 12.6. The van der Waals surface area contributed by atoms with Crippen molar-refractivity contribution in [3.8, 4) is 11.5 Å². The van der Waals surface area contributed by atoms with Crippen LogP contribution in [0.4, 0.5) is 0 Å². The van der Waals surface area contributed by atoms with Gasteiger partial charge in [-0.3, -0.25) is 4.79 Å². The summed E-state index contributed by atoms with van der Waals surface area (Å²) in [6.45, 7) is 6.60. The predicted molar refractivity (Wildman–Crippen MR) is 104 cm³/mol. The lowest BCUT2D eigenvalue weighted by Crippen LogP contribution is -2.84. The van der Waals surface area contributed by atoms with Gasteiger partial charge in [0.2, 0.25) is 6.79 Å². The second-order valence-electron chi connectivity index (χ2n) is 9.24. The Morgan fingerprint density at radius 3 is 3.00 bits per heavy atom. The summed E-state index contributed by atoms with van der Waals surface area (Å²) in [5.41, 5.74) is 4.62. The number of allylic oxidation sites excluding steroid dienone is 2. The Hall–Kier alpha value is -2.01. The first-order valence-corrected chi connectivity index (χ1v) is 10.6. The summed E-state index contributed by atoms with van der Waals surface area (Å²) in [6.07, 6.45) is 5.88. The minimum absolute atomic E-state index is 0.00536. The van der Waals surface area contributed by atoms with Gasteiger partial charge in [0.1, 0.15) is 18.6 Å². The summed E-state index contributed by atoms with van der Waals surface area (Å²) in [6, 6.07) is 6.07. The van der Waals surface area contributed by atoms with E-state index in [2.05, 4.69) is 25.2 Å². The van der Waals surface area contributed by atoms with Crippen molar-refractivity contribution in [2.45, 2.75) is 58.6 Å². The molecule has 2 fully saturated rings. The lowest BCUT2D eigenvalue weighted by atomic mass is 9.59. The molecule has 1 aromatic carbocycles. The molecular formula is C23H30NO4+. The molecule has 5 rings (SSSR count). The number of benzene rings is 1. The number of esters is 1. The molecule has 0 spiro atoms. The number of rotatable bonds is 4. The lowest BCUT2D eigenvalue weighted by molar-refractivity contribution is -0.675. The van der Waals surface area contributed by atoms with Crippen molar-refractivity contribution < 1.29 is 24.3 Å². The van der Waals surface area contributed by atoms with Crippen molar-refractivity contribution in [1.82, 2.24) is 0 Å². The Morgan fingerprint density at radius 2 is 2.11 bits per heavy atom. The van der Waals surface area contributed by atoms with Gasteiger partial charge >= 0.3 is 5.97 Å². The van der Waals surface area contributed by atoms with E-state index in [1.807, 2.05) is 12.1 Å². The van der Waals surface area contributed by atoms with E-state index in [1.54, 1.807) is 11.1 Å². The van der Waals surface area contributed by atoms with E-state index < -0.39 is 0 Å². The van der Waals surface area contributed by atoms with Crippen molar-refractivity contribution in [3.63, 3.8) is 0 Å². The van der Waals surface area contributed by atoms with E-state index in [-0.39, 0.29) is 23.4 Å². The Bertz CT molecular complexity index is 832. The normalized spacial score (nSPS) is 33.5. The number of hydrogen-bond donors (Lipinski definition) is 1. The van der Waals surface area contributed by atoms with Gasteiger partial charge in [-0.15, -0.1) is 0 Å². The molecule has 4 atom stereocenters. The molecule has 1 aromatic rings. The monoisotopic (exact) mass is 384 g/mol. The fourth-order valence-corrected chi connectivity index (χ4v) is 5.88. The van der Waals surface area contributed by atoms with Gasteiger partial charge in [0.25, 0.3) is 0 Å². The van der Waals surface area contributed by atoms with Crippen LogP contribution in [0.2, 0.25) is 0 Å². The molecule has 1 saturated carbocycles. The van der Waals surface area contributed by atoms with Gasteiger partial charge < -0.3 is 19.5 Å². The molecule has 0 bridgehead atoms. The van der Waals surface area contributed by atoms with Gasteiger partial charge in [0.15, 0.2) is 11.5 Å². The van der Waals surface area contributed by atoms with Crippen LogP contribution in [0.15, 0.2) is 29.3 Å². The maximum Gasteiger partial charge on any atom is 0.315 e. The van der Waals surface area contributed by atoms with Gasteiger partial charge in [0.05, 0.1) is 6.54 Å². The predicted octanol–water partition coefficient (Wildman–Crippen LogP) is 2.94. The highest BCUT2D eigenvalue weighted by Crippen LogP contribution is 2.54. The number of fused-ring (bicyclic) bond motifs is 3. The van der Waals surface area contributed by atoms with E-state index in [0.717, 1.165) is 37.4 Å². The molecule has 5 heteroatoms. The van der Waals surface area contributed by atoms with Gasteiger partial charge in [0, 0.05) is 11.5 Å². The number of hydrogen-bond acceptors (Lipinski definition) is 4. The molecule has 0 radical (unpaired) electrons. The van der Waals surface area contributed by atoms with Crippen molar-refractivity contribution in [1.29, 1.82) is 0 Å². The standard InChI is InChI=1S/C23H29NO4/c1-14-4-3-7-23(2)10-21-16(9-18(14)23)17(22(25)28-21)12-24-11-15-5-6-19-20(8-15)27-13-26-19/h5-6,8,16-17,21,24H,3-4,7,9-13H2,1-2H3/p+1/t16-,17+,21-,23-/m1/s1. The smallest absolute Gasteiger partial charge is 0.315 e. The van der Waals surface area contributed by atoms with E-state index in [4.69, 9.17) is 14.2 Å². The first-order valence-electron chi connectivity index (χ1n) is 10.6. The summed E-state index contributed by atoms with van der Waals surface area (Å²) in [4.78, 5) is 12.6. The van der Waals surface area contributed by atoms with Crippen molar-refractivity contribution in [2.24, 2.45) is 17.3 Å². The van der Waals surface area contributed by atoms with Gasteiger partial charge in [-0.2, -0.15) is 0 Å². The van der Waals surface area contributed by atoms with Gasteiger partial charge in [-0.1, -0.05) is 18.1 Å². The minimum atomic E-state index is 0.00536. The molecular weight excluding hydrogens is 354 g/mol. The van der Waals surface area contributed by atoms with Crippen LogP contribution in [0.5, 0.6) is 11.5 Å². The lowest BCUT2D eigenvalue weighted by Gasteiger charge is -2.45. The SMILES string of the molecule is CC1=C2C[C@@H]3[C@H](C[NH2+]Cc4ccc5c(c4)OCO5)C(=O)O[C@@H]3C[C@@]2(C)CCC1. The van der Waals surface area contributed by atoms with Crippen molar-refractivity contribution in [2.75, 3.05) is 13.3 Å². The minimum Gasteiger partial charge on any atom is -0.462 e. The zero-order valence-electron chi connectivity index (χ0n) is 16.8. The van der Waals surface area contributed by atoms with Crippen LogP contribution in [0, 0.1) is 17.3 Å². The highest BCUT2D eigenvalue weighted by molar-refractivity contribution is 5.75. The summed E-state index contributed by atoms with van der Waals surface area (Å²) in [5, 5.41) is 2.24. The number of ether oxygens (including phenoxy) is 3. The summed E-state index contributed by atoms with van der Waals surface area (Å²) in [5.74, 6) is 1.99. The molecule has 1 saturated heterocycles. The third kappa shape index (κ3) is 3.00. The van der Waals surface area contributed by atoms with Gasteiger partial charge in [-0.05, 0) is 62.6 Å². The Morgan fingerprint density at radius 1 is 1.25 bits per heavy atom. The molecule has 0 aromatic heterocycles. The zero-order valence-corrected chi connectivity index (χ0v) is 16.8. The van der Waals surface area contributed by atoms with Crippen molar-refractivity contribution >= 4 is 5.97 Å². The number of nitrogens with two attached hydrogens (primary N) is 1. The van der Waals surface area contributed by atoms with Crippen LogP contribution < -0.4 is 14.8 Å². The van der Waals surface area contributed by atoms with E-state index in [9.17, 15) is 4.79 Å². The fraction of sp³-hybridized carbons (Fsp3) is 0.609. The van der Waals surface area contributed by atoms with Crippen LogP contribution in [0.1, 0.15) is 51.5 Å². The Balaban J connectivity index is 1.25. The number of quaternary nitrogens is 1. The Labute approximate surface area is 166 Å². The average Bonchev–Trinajstić information content (AvgIpc) is 3.24. The van der Waals surface area contributed by atoms with Crippen LogP contribution in [0.25, 0.3) is 0 Å². The number of carbonyl (C=O) groups excluding carboxylic acids is 1. The largest absolute Gasteiger partial charge is 0.462 e. The first kappa shape index (κ1) is 18.0. The molecule has 4 aliphatic rings. The van der Waals surface area contributed by atoms with Crippen molar-refractivity contribution in [3.05, 3.63) is 34.9 Å². The maximum absolute atomic E-state index is 12.6. The molecule has 0 unspecified atom stereocenters. The second-order valence-corrected chi connectivity index (χ2v) is 9.24. The number of carbonyl (C=O) groups is 1. The molecule has 28 heavy (non-hydrogen) atoms. The fourth-order valence-electron chi connectivity index (χ4n) is 5.88. The Kier molecular flexibility index (Phi) is 4.38. The molecule has 2 N–H and O–H groups in total. The average molecular weight is 384 g/mol. The topological polar surface area (TPSA) is 61.4 Å². The van der Waals surface area contributed by atoms with E-state index in [0.29, 0.717) is 12.7 Å². The van der Waals surface area contributed by atoms with E-state index >= 15 is 0 Å². The third-order valence-corrected chi connectivity index (χ3v) is 7.42. The summed E-state index contributed by atoms with van der Waals surface area (Å²) < 4.78 is 16.7. The zero-order chi connectivity index (χ0) is 19.3. The summed E-state index contributed by atoms with van der Waals surface area (Å²) >= 11 is 0. The van der Waals surface area contributed by atoms with E-state index in [1.165, 1.54) is 24.8 Å². The molecule has 150 valence electrons.